The Morgan fingerprint density at radius 2 is 2.00 bits per heavy atom. The Balaban J connectivity index is 2.22. The number of ether oxygens (including phenoxy) is 1. The summed E-state index contributed by atoms with van der Waals surface area (Å²) in [5, 5.41) is 0. The predicted octanol–water partition coefficient (Wildman–Crippen LogP) is 2.16. The molecule has 0 aliphatic carbocycles. The van der Waals surface area contributed by atoms with Gasteiger partial charge < -0.3 is 4.74 Å². The summed E-state index contributed by atoms with van der Waals surface area (Å²) in [4.78, 5) is 4.31. The maximum Gasteiger partial charge on any atom is 0.216 e. The van der Waals surface area contributed by atoms with Gasteiger partial charge in [-0.2, -0.15) is 0 Å². The van der Waals surface area contributed by atoms with Gasteiger partial charge in [-0.1, -0.05) is 17.7 Å². The van der Waals surface area contributed by atoms with E-state index in [1.165, 1.54) is 5.56 Å². The van der Waals surface area contributed by atoms with Gasteiger partial charge in [0.25, 0.3) is 0 Å². The third kappa shape index (κ3) is 1.72. The van der Waals surface area contributed by atoms with Crippen LogP contribution in [0.2, 0.25) is 0 Å². The second kappa shape index (κ2) is 3.21. The van der Waals surface area contributed by atoms with Crippen LogP contribution < -0.4 is 0 Å². The van der Waals surface area contributed by atoms with Crippen molar-refractivity contribution in [2.75, 3.05) is 6.54 Å². The second-order valence-electron chi connectivity index (χ2n) is 3.44. The lowest BCUT2D eigenvalue weighted by Gasteiger charge is -2.05. The summed E-state index contributed by atoms with van der Waals surface area (Å²) in [7, 11) is 0. The van der Waals surface area contributed by atoms with Crippen LogP contribution in [-0.2, 0) is 4.74 Å². The molecule has 0 N–H and O–H groups in total. The Bertz CT molecular complexity index is 326. The first kappa shape index (κ1) is 8.30. The van der Waals surface area contributed by atoms with E-state index < -0.39 is 0 Å². The molecule has 1 heterocycles. The van der Waals surface area contributed by atoms with Crippen molar-refractivity contribution >= 4 is 5.90 Å². The number of hydrogen-bond acceptors (Lipinski definition) is 2. The molecule has 2 heteroatoms. The minimum absolute atomic E-state index is 0.233. The SMILES string of the molecule is Cc1ccc(C2=NCC(C)O2)cc1. The first-order valence-corrected chi connectivity index (χ1v) is 4.54. The summed E-state index contributed by atoms with van der Waals surface area (Å²) < 4.78 is 5.54. The first-order valence-electron chi connectivity index (χ1n) is 4.54. The highest BCUT2D eigenvalue weighted by Crippen LogP contribution is 2.12. The smallest absolute Gasteiger partial charge is 0.216 e. The molecule has 1 aromatic carbocycles. The average molecular weight is 175 g/mol. The summed E-state index contributed by atoms with van der Waals surface area (Å²) in [6.07, 6.45) is 0.233. The fourth-order valence-electron chi connectivity index (χ4n) is 1.33. The molecule has 0 bridgehead atoms. The molecule has 13 heavy (non-hydrogen) atoms. The Morgan fingerprint density at radius 3 is 2.54 bits per heavy atom. The van der Waals surface area contributed by atoms with E-state index in [1.807, 2.05) is 19.1 Å². The third-order valence-corrected chi connectivity index (χ3v) is 2.10. The van der Waals surface area contributed by atoms with Gasteiger partial charge in [0, 0.05) is 5.56 Å². The zero-order valence-corrected chi connectivity index (χ0v) is 7.95. The van der Waals surface area contributed by atoms with Gasteiger partial charge in [0.05, 0.1) is 6.54 Å². The van der Waals surface area contributed by atoms with Crippen LogP contribution in [0.3, 0.4) is 0 Å². The molecule has 0 aromatic heterocycles. The van der Waals surface area contributed by atoms with Gasteiger partial charge >= 0.3 is 0 Å². The molecule has 0 saturated carbocycles. The molecule has 1 unspecified atom stereocenters. The van der Waals surface area contributed by atoms with Crippen molar-refractivity contribution in [1.82, 2.24) is 0 Å². The lowest BCUT2D eigenvalue weighted by molar-refractivity contribution is 0.246. The Morgan fingerprint density at radius 1 is 1.31 bits per heavy atom. The molecule has 0 radical (unpaired) electrons. The minimum atomic E-state index is 0.233. The molecule has 1 atom stereocenters. The van der Waals surface area contributed by atoms with Crippen LogP contribution in [0, 0.1) is 6.92 Å². The molecule has 0 spiro atoms. The number of aryl methyl sites for hydroxylation is 1. The molecule has 0 fully saturated rings. The van der Waals surface area contributed by atoms with E-state index in [-0.39, 0.29) is 6.10 Å². The summed E-state index contributed by atoms with van der Waals surface area (Å²) in [5.41, 5.74) is 2.34. The summed E-state index contributed by atoms with van der Waals surface area (Å²) in [6.45, 7) is 4.89. The van der Waals surface area contributed by atoms with E-state index in [4.69, 9.17) is 4.74 Å². The van der Waals surface area contributed by atoms with Gasteiger partial charge in [-0.3, -0.25) is 0 Å². The number of rotatable bonds is 1. The molecule has 68 valence electrons. The van der Waals surface area contributed by atoms with E-state index in [9.17, 15) is 0 Å². The first-order chi connectivity index (χ1) is 6.25. The molecular formula is C11H13NO. The predicted molar refractivity (Wildman–Crippen MR) is 53.1 cm³/mol. The molecule has 1 aromatic rings. The van der Waals surface area contributed by atoms with Crippen LogP contribution in [0.25, 0.3) is 0 Å². The lowest BCUT2D eigenvalue weighted by Crippen LogP contribution is -2.08. The van der Waals surface area contributed by atoms with Crippen molar-refractivity contribution in [2.45, 2.75) is 20.0 Å². The van der Waals surface area contributed by atoms with Gasteiger partial charge in [0.2, 0.25) is 5.90 Å². The standard InChI is InChI=1S/C11H13NO/c1-8-3-5-10(6-4-8)11-12-7-9(2)13-11/h3-6,9H,7H2,1-2H3. The van der Waals surface area contributed by atoms with Crippen LogP contribution in [0.15, 0.2) is 29.3 Å². The van der Waals surface area contributed by atoms with Gasteiger partial charge in [0.1, 0.15) is 6.10 Å². The maximum atomic E-state index is 5.54. The van der Waals surface area contributed by atoms with Crippen LogP contribution in [0.5, 0.6) is 0 Å². The third-order valence-electron chi connectivity index (χ3n) is 2.10. The van der Waals surface area contributed by atoms with Crippen LogP contribution >= 0.6 is 0 Å². The summed E-state index contributed by atoms with van der Waals surface area (Å²) >= 11 is 0. The lowest BCUT2D eigenvalue weighted by atomic mass is 10.1. The van der Waals surface area contributed by atoms with Crippen molar-refractivity contribution in [3.8, 4) is 0 Å². The number of aliphatic imine (C=N–C) groups is 1. The largest absolute Gasteiger partial charge is 0.472 e. The highest BCUT2D eigenvalue weighted by atomic mass is 16.5. The normalized spacial score (nSPS) is 21.1. The second-order valence-corrected chi connectivity index (χ2v) is 3.44. The highest BCUT2D eigenvalue weighted by molar-refractivity contribution is 5.95. The van der Waals surface area contributed by atoms with Crippen molar-refractivity contribution in [3.05, 3.63) is 35.4 Å². The fraction of sp³-hybridized carbons (Fsp3) is 0.364. The maximum absolute atomic E-state index is 5.54. The number of nitrogens with zero attached hydrogens (tertiary/aromatic N) is 1. The van der Waals surface area contributed by atoms with E-state index in [1.54, 1.807) is 0 Å². The van der Waals surface area contributed by atoms with Crippen LogP contribution in [0.1, 0.15) is 18.1 Å². The van der Waals surface area contributed by atoms with Crippen LogP contribution in [-0.4, -0.2) is 18.5 Å². The van der Waals surface area contributed by atoms with Crippen molar-refractivity contribution in [1.29, 1.82) is 0 Å². The molecule has 0 saturated heterocycles. The van der Waals surface area contributed by atoms with E-state index in [2.05, 4.69) is 24.0 Å². The van der Waals surface area contributed by atoms with E-state index in [0.717, 1.165) is 18.0 Å². The van der Waals surface area contributed by atoms with Crippen molar-refractivity contribution < 1.29 is 4.74 Å². The monoisotopic (exact) mass is 175 g/mol. The molecular weight excluding hydrogens is 162 g/mol. The van der Waals surface area contributed by atoms with Crippen molar-refractivity contribution in [3.63, 3.8) is 0 Å². The Hall–Kier alpha value is -1.31. The quantitative estimate of drug-likeness (QED) is 0.641. The molecule has 0 amide bonds. The van der Waals surface area contributed by atoms with Gasteiger partial charge in [-0.25, -0.2) is 4.99 Å². The topological polar surface area (TPSA) is 21.6 Å². The van der Waals surface area contributed by atoms with Crippen LogP contribution in [0.4, 0.5) is 0 Å². The minimum Gasteiger partial charge on any atom is -0.472 e. The molecule has 2 nitrogen and oxygen atoms in total. The van der Waals surface area contributed by atoms with E-state index >= 15 is 0 Å². The number of benzene rings is 1. The highest BCUT2D eigenvalue weighted by Gasteiger charge is 2.15. The fourth-order valence-corrected chi connectivity index (χ4v) is 1.33. The van der Waals surface area contributed by atoms with Gasteiger partial charge in [-0.15, -0.1) is 0 Å². The zero-order valence-electron chi connectivity index (χ0n) is 7.95. The van der Waals surface area contributed by atoms with Gasteiger partial charge in [0.15, 0.2) is 0 Å². The Kier molecular flexibility index (Phi) is 2.05. The van der Waals surface area contributed by atoms with Gasteiger partial charge in [-0.05, 0) is 26.0 Å². The zero-order chi connectivity index (χ0) is 9.26. The van der Waals surface area contributed by atoms with Crippen molar-refractivity contribution in [2.24, 2.45) is 4.99 Å². The average Bonchev–Trinajstić information content (AvgIpc) is 2.53. The molecule has 1 aliphatic heterocycles. The molecule has 2 rings (SSSR count). The molecule has 1 aliphatic rings. The van der Waals surface area contributed by atoms with E-state index in [0.29, 0.717) is 0 Å². The number of hydrogen-bond donors (Lipinski definition) is 0. The summed E-state index contributed by atoms with van der Waals surface area (Å²) in [6, 6.07) is 8.24. The summed E-state index contributed by atoms with van der Waals surface area (Å²) in [5.74, 6) is 0.785. The Labute approximate surface area is 78.3 Å².